The molecule has 0 bridgehead atoms. The number of benzene rings is 2. The highest BCUT2D eigenvalue weighted by molar-refractivity contribution is 9.10. The lowest BCUT2D eigenvalue weighted by Crippen LogP contribution is -2.14. The molecule has 1 aliphatic carbocycles. The summed E-state index contributed by atoms with van der Waals surface area (Å²) in [5.41, 5.74) is 1.67. The summed E-state index contributed by atoms with van der Waals surface area (Å²) in [5, 5.41) is 2.91. The van der Waals surface area contributed by atoms with Crippen LogP contribution in [0.15, 0.2) is 53.0 Å². The fourth-order valence-corrected chi connectivity index (χ4v) is 2.76. The molecule has 2 unspecified atom stereocenters. The van der Waals surface area contributed by atoms with Crippen molar-refractivity contribution in [3.8, 4) is 0 Å². The molecule has 1 amide bonds. The second-order valence-electron chi connectivity index (χ2n) is 4.97. The van der Waals surface area contributed by atoms with E-state index in [-0.39, 0.29) is 23.6 Å². The van der Waals surface area contributed by atoms with Crippen LogP contribution in [0.2, 0.25) is 0 Å². The molecule has 4 heteroatoms. The number of carbonyl (C=O) groups is 1. The van der Waals surface area contributed by atoms with Crippen LogP contribution < -0.4 is 5.32 Å². The second-order valence-corrected chi connectivity index (χ2v) is 5.83. The first kappa shape index (κ1) is 13.3. The number of para-hydroxylation sites is 1. The van der Waals surface area contributed by atoms with E-state index in [1.165, 1.54) is 12.1 Å². The molecule has 2 aromatic carbocycles. The van der Waals surface area contributed by atoms with E-state index in [2.05, 4.69) is 21.2 Å². The Labute approximate surface area is 125 Å². The molecule has 0 aromatic heterocycles. The van der Waals surface area contributed by atoms with E-state index in [4.69, 9.17) is 0 Å². The van der Waals surface area contributed by atoms with Crippen LogP contribution in [0.5, 0.6) is 0 Å². The highest BCUT2D eigenvalue weighted by atomic mass is 79.9. The maximum atomic E-state index is 13.2. The minimum Gasteiger partial charge on any atom is -0.325 e. The van der Waals surface area contributed by atoms with Crippen LogP contribution in [0.25, 0.3) is 0 Å². The van der Waals surface area contributed by atoms with Gasteiger partial charge in [-0.25, -0.2) is 4.39 Å². The molecule has 2 aromatic rings. The van der Waals surface area contributed by atoms with Crippen molar-refractivity contribution in [3.05, 3.63) is 64.4 Å². The second kappa shape index (κ2) is 5.37. The summed E-state index contributed by atoms with van der Waals surface area (Å²) in [7, 11) is 0. The highest BCUT2D eigenvalue weighted by Gasteiger charge is 2.44. The van der Waals surface area contributed by atoms with Gasteiger partial charge in [-0.1, -0.05) is 24.3 Å². The Bertz CT molecular complexity index is 658. The van der Waals surface area contributed by atoms with Gasteiger partial charge in [0.05, 0.1) is 5.69 Å². The normalized spacial score (nSPS) is 20.5. The average molecular weight is 334 g/mol. The number of amides is 1. The van der Waals surface area contributed by atoms with Gasteiger partial charge in [0.15, 0.2) is 0 Å². The number of hydrogen-bond acceptors (Lipinski definition) is 1. The van der Waals surface area contributed by atoms with Gasteiger partial charge in [-0.2, -0.15) is 0 Å². The first-order valence-corrected chi connectivity index (χ1v) is 7.25. The first-order valence-electron chi connectivity index (χ1n) is 6.46. The van der Waals surface area contributed by atoms with Crippen molar-refractivity contribution in [2.24, 2.45) is 5.92 Å². The van der Waals surface area contributed by atoms with E-state index in [1.807, 2.05) is 30.3 Å². The fourth-order valence-electron chi connectivity index (χ4n) is 2.38. The Morgan fingerprint density at radius 3 is 2.75 bits per heavy atom. The van der Waals surface area contributed by atoms with Crippen molar-refractivity contribution in [2.45, 2.75) is 12.3 Å². The van der Waals surface area contributed by atoms with Crippen LogP contribution in [-0.4, -0.2) is 5.91 Å². The zero-order chi connectivity index (χ0) is 14.1. The van der Waals surface area contributed by atoms with Gasteiger partial charge in [0.25, 0.3) is 0 Å². The summed E-state index contributed by atoms with van der Waals surface area (Å²) >= 11 is 3.40. The standard InChI is InChI=1S/C16H13BrFNO/c17-14-6-1-2-7-15(14)19-16(20)13-9-12(13)10-4-3-5-11(18)8-10/h1-8,12-13H,9H2,(H,19,20). The van der Waals surface area contributed by atoms with Gasteiger partial charge in [-0.15, -0.1) is 0 Å². The van der Waals surface area contributed by atoms with E-state index in [0.717, 1.165) is 22.1 Å². The zero-order valence-corrected chi connectivity index (χ0v) is 12.2. The molecule has 0 saturated heterocycles. The van der Waals surface area contributed by atoms with Gasteiger partial charge in [0.1, 0.15) is 5.82 Å². The summed E-state index contributed by atoms with van der Waals surface area (Å²) in [6, 6.07) is 14.0. The molecule has 1 N–H and O–H groups in total. The molecule has 0 radical (unpaired) electrons. The molecule has 2 atom stereocenters. The van der Waals surface area contributed by atoms with Gasteiger partial charge in [0.2, 0.25) is 5.91 Å². The van der Waals surface area contributed by atoms with Crippen molar-refractivity contribution in [3.63, 3.8) is 0 Å². The monoisotopic (exact) mass is 333 g/mol. The van der Waals surface area contributed by atoms with E-state index in [9.17, 15) is 9.18 Å². The Morgan fingerprint density at radius 2 is 2.00 bits per heavy atom. The van der Waals surface area contributed by atoms with Gasteiger partial charge in [-0.3, -0.25) is 4.79 Å². The minimum atomic E-state index is -0.251. The Balaban J connectivity index is 1.68. The third-order valence-corrected chi connectivity index (χ3v) is 4.23. The fraction of sp³-hybridized carbons (Fsp3) is 0.188. The van der Waals surface area contributed by atoms with Crippen LogP contribution in [-0.2, 0) is 4.79 Å². The molecule has 2 nitrogen and oxygen atoms in total. The summed E-state index contributed by atoms with van der Waals surface area (Å²) in [5.74, 6) is -0.192. The summed E-state index contributed by atoms with van der Waals surface area (Å²) in [6.07, 6.45) is 0.778. The van der Waals surface area contributed by atoms with E-state index < -0.39 is 0 Å². The minimum absolute atomic E-state index is 0.00818. The lowest BCUT2D eigenvalue weighted by atomic mass is 10.1. The van der Waals surface area contributed by atoms with Gasteiger partial charge in [0, 0.05) is 10.4 Å². The van der Waals surface area contributed by atoms with Crippen molar-refractivity contribution in [1.82, 2.24) is 0 Å². The lowest BCUT2D eigenvalue weighted by Gasteiger charge is -2.07. The number of anilines is 1. The van der Waals surface area contributed by atoms with Crippen molar-refractivity contribution in [1.29, 1.82) is 0 Å². The first-order chi connectivity index (χ1) is 9.65. The van der Waals surface area contributed by atoms with Crippen LogP contribution in [0.3, 0.4) is 0 Å². The quantitative estimate of drug-likeness (QED) is 0.889. The molecule has 0 heterocycles. The van der Waals surface area contributed by atoms with Gasteiger partial charge < -0.3 is 5.32 Å². The van der Waals surface area contributed by atoms with E-state index >= 15 is 0 Å². The largest absolute Gasteiger partial charge is 0.325 e. The molecule has 3 rings (SSSR count). The van der Waals surface area contributed by atoms with Crippen LogP contribution in [0.4, 0.5) is 10.1 Å². The van der Waals surface area contributed by atoms with Crippen molar-refractivity contribution in [2.75, 3.05) is 5.32 Å². The average Bonchev–Trinajstić information content (AvgIpc) is 3.22. The molecular weight excluding hydrogens is 321 g/mol. The molecule has 0 spiro atoms. The topological polar surface area (TPSA) is 29.1 Å². The molecule has 1 saturated carbocycles. The Hall–Kier alpha value is -1.68. The SMILES string of the molecule is O=C(Nc1ccccc1Br)C1CC1c1cccc(F)c1. The number of nitrogens with one attached hydrogen (secondary N) is 1. The Kier molecular flexibility index (Phi) is 3.57. The number of hydrogen-bond donors (Lipinski definition) is 1. The molecule has 0 aliphatic heterocycles. The summed E-state index contributed by atoms with van der Waals surface area (Å²) in [4.78, 5) is 12.2. The Morgan fingerprint density at radius 1 is 1.20 bits per heavy atom. The van der Waals surface area contributed by atoms with E-state index in [1.54, 1.807) is 6.07 Å². The maximum Gasteiger partial charge on any atom is 0.228 e. The third kappa shape index (κ3) is 2.75. The molecule has 1 fully saturated rings. The molecule has 20 heavy (non-hydrogen) atoms. The van der Waals surface area contributed by atoms with Crippen LogP contribution in [0, 0.1) is 11.7 Å². The number of carbonyl (C=O) groups excluding carboxylic acids is 1. The maximum absolute atomic E-state index is 13.2. The predicted octanol–water partition coefficient (Wildman–Crippen LogP) is 4.33. The number of halogens is 2. The molecule has 1 aliphatic rings. The third-order valence-electron chi connectivity index (χ3n) is 3.54. The summed E-state index contributed by atoms with van der Waals surface area (Å²) in [6.45, 7) is 0. The molecule has 102 valence electrons. The smallest absolute Gasteiger partial charge is 0.228 e. The van der Waals surface area contributed by atoms with Crippen molar-refractivity contribution >= 4 is 27.5 Å². The van der Waals surface area contributed by atoms with Crippen molar-refractivity contribution < 1.29 is 9.18 Å². The highest BCUT2D eigenvalue weighted by Crippen LogP contribution is 2.48. The molecular formula is C16H13BrFNO. The number of rotatable bonds is 3. The van der Waals surface area contributed by atoms with Gasteiger partial charge in [-0.05, 0) is 58.1 Å². The van der Waals surface area contributed by atoms with Crippen LogP contribution in [0.1, 0.15) is 17.9 Å². The predicted molar refractivity (Wildman–Crippen MR) is 80.0 cm³/mol. The lowest BCUT2D eigenvalue weighted by molar-refractivity contribution is -0.117. The zero-order valence-electron chi connectivity index (χ0n) is 10.6. The van der Waals surface area contributed by atoms with Gasteiger partial charge >= 0.3 is 0 Å². The summed E-state index contributed by atoms with van der Waals surface area (Å²) < 4.78 is 14.0. The van der Waals surface area contributed by atoms with E-state index in [0.29, 0.717) is 0 Å². The van der Waals surface area contributed by atoms with Crippen LogP contribution >= 0.6 is 15.9 Å².